The van der Waals surface area contributed by atoms with Crippen LogP contribution in [0.2, 0.25) is 5.02 Å². The topological polar surface area (TPSA) is 158 Å². The smallest absolute Gasteiger partial charge is 0.307 e. The Morgan fingerprint density at radius 1 is 1.07 bits per heavy atom. The predicted molar refractivity (Wildman–Crippen MR) is 225 cm³/mol. The SMILES string of the molecule is CC(C)Oc1ccc(-c2cc(Cl)cc(O[C@@H]3C[C@H]4C(=O)C[C@]5(C(=O)NS(=O)(=O)C6(C)CC6)C[C@H]5/C=C\CC[C@H](C)C[C@@H](C)[C@H](CC(=O)OC(C)(C)C)C(=O)N4C3)n2)cc1. The van der Waals surface area contributed by atoms with Crippen LogP contribution in [0.1, 0.15) is 113 Å². The van der Waals surface area contributed by atoms with Crippen molar-refractivity contribution in [3.05, 3.63) is 53.6 Å². The molecule has 7 atom stereocenters. The maximum atomic E-state index is 14.9. The Hall–Kier alpha value is -3.97. The number of aromatic nitrogens is 1. The second-order valence-corrected chi connectivity index (χ2v) is 21.5. The van der Waals surface area contributed by atoms with Gasteiger partial charge in [0.1, 0.15) is 17.5 Å². The molecule has 0 bridgehead atoms. The number of sulfonamides is 1. The Bertz CT molecular complexity index is 2060. The van der Waals surface area contributed by atoms with Gasteiger partial charge in [0.25, 0.3) is 0 Å². The minimum atomic E-state index is -3.97. The normalized spacial score (nSPS) is 29.0. The number of benzene rings is 1. The van der Waals surface area contributed by atoms with Crippen LogP contribution in [0, 0.1) is 29.1 Å². The lowest BCUT2D eigenvalue weighted by atomic mass is 9.82. The number of hydrogen-bond acceptors (Lipinski definition) is 10. The molecule has 3 fully saturated rings. The van der Waals surface area contributed by atoms with Gasteiger partial charge < -0.3 is 19.1 Å². The van der Waals surface area contributed by atoms with Gasteiger partial charge in [-0.25, -0.2) is 13.4 Å². The highest BCUT2D eigenvalue weighted by atomic mass is 35.5. The number of pyridine rings is 1. The number of fused-ring (bicyclic) bond motifs is 2. The number of halogens is 1. The molecule has 1 aromatic carbocycles. The van der Waals surface area contributed by atoms with Crippen LogP contribution >= 0.6 is 11.6 Å². The maximum absolute atomic E-state index is 14.9. The molecule has 14 heteroatoms. The second kappa shape index (κ2) is 17.2. The van der Waals surface area contributed by atoms with E-state index >= 15 is 0 Å². The molecule has 59 heavy (non-hydrogen) atoms. The van der Waals surface area contributed by atoms with Crippen molar-refractivity contribution in [2.45, 2.75) is 142 Å². The number of ether oxygens (including phenoxy) is 3. The van der Waals surface area contributed by atoms with Gasteiger partial charge in [-0.3, -0.25) is 23.9 Å². The van der Waals surface area contributed by atoms with E-state index in [-0.39, 0.29) is 67.2 Å². The molecule has 1 saturated heterocycles. The van der Waals surface area contributed by atoms with Gasteiger partial charge in [-0.2, -0.15) is 0 Å². The van der Waals surface area contributed by atoms with Crippen LogP contribution in [-0.4, -0.2) is 77.0 Å². The average Bonchev–Trinajstić information content (AvgIpc) is 4.01. The van der Waals surface area contributed by atoms with Gasteiger partial charge in [0.2, 0.25) is 27.7 Å². The summed E-state index contributed by atoms with van der Waals surface area (Å²) in [5.41, 5.74) is -0.714. The Labute approximate surface area is 354 Å². The summed E-state index contributed by atoms with van der Waals surface area (Å²) in [4.78, 5) is 63.2. The summed E-state index contributed by atoms with van der Waals surface area (Å²) in [5.74, 6) is -2.20. The molecule has 322 valence electrons. The first kappa shape index (κ1) is 44.6. The van der Waals surface area contributed by atoms with Crippen LogP contribution in [-0.2, 0) is 33.9 Å². The summed E-state index contributed by atoms with van der Waals surface area (Å²) >= 11 is 6.59. The largest absolute Gasteiger partial charge is 0.491 e. The molecule has 2 amide bonds. The molecule has 3 heterocycles. The van der Waals surface area contributed by atoms with E-state index in [0.717, 1.165) is 12.0 Å². The number of esters is 1. The van der Waals surface area contributed by atoms with Crippen LogP contribution in [0.15, 0.2) is 48.6 Å². The minimum Gasteiger partial charge on any atom is -0.491 e. The zero-order valence-electron chi connectivity index (χ0n) is 35.6. The maximum Gasteiger partial charge on any atom is 0.307 e. The number of ketones is 1. The molecule has 6 rings (SSSR count). The summed E-state index contributed by atoms with van der Waals surface area (Å²) in [6.45, 7) is 14.9. The van der Waals surface area contributed by atoms with E-state index < -0.39 is 55.7 Å². The number of Topliss-reactive ketones (excluding diaryl/α,β-unsaturated/α-hetero) is 1. The summed E-state index contributed by atoms with van der Waals surface area (Å²) in [6.07, 6.45) is 6.32. The Morgan fingerprint density at radius 2 is 1.76 bits per heavy atom. The number of nitrogens with one attached hydrogen (secondary N) is 1. The highest BCUT2D eigenvalue weighted by molar-refractivity contribution is 7.91. The number of carbonyl (C=O) groups excluding carboxylic acids is 4. The average molecular weight is 855 g/mol. The van der Waals surface area contributed by atoms with Gasteiger partial charge in [-0.15, -0.1) is 0 Å². The van der Waals surface area contributed by atoms with Crippen molar-refractivity contribution in [1.29, 1.82) is 0 Å². The van der Waals surface area contributed by atoms with Crippen molar-refractivity contribution in [1.82, 2.24) is 14.6 Å². The molecular formula is C45H60ClN3O9S. The zero-order valence-corrected chi connectivity index (χ0v) is 37.2. The van der Waals surface area contributed by atoms with E-state index in [1.54, 1.807) is 39.8 Å². The van der Waals surface area contributed by atoms with Crippen LogP contribution in [0.5, 0.6) is 11.6 Å². The third-order valence-electron chi connectivity index (χ3n) is 12.2. The van der Waals surface area contributed by atoms with E-state index in [1.807, 2.05) is 57.2 Å². The van der Waals surface area contributed by atoms with E-state index in [1.165, 1.54) is 4.90 Å². The molecule has 2 aromatic rings. The highest BCUT2D eigenvalue weighted by Crippen LogP contribution is 2.57. The first-order valence-corrected chi connectivity index (χ1v) is 22.8. The Kier molecular flexibility index (Phi) is 13.0. The van der Waals surface area contributed by atoms with Crippen molar-refractivity contribution in [3.63, 3.8) is 0 Å². The number of hydrogen-bond donors (Lipinski definition) is 1. The van der Waals surface area contributed by atoms with Crippen molar-refractivity contribution in [3.8, 4) is 22.9 Å². The van der Waals surface area contributed by atoms with E-state index in [2.05, 4.69) is 11.6 Å². The molecular weight excluding hydrogens is 794 g/mol. The summed E-state index contributed by atoms with van der Waals surface area (Å²) in [7, 11) is -3.97. The lowest BCUT2D eigenvalue weighted by Crippen LogP contribution is -2.48. The fourth-order valence-electron chi connectivity index (χ4n) is 8.48. The lowest BCUT2D eigenvalue weighted by Gasteiger charge is -2.32. The molecule has 2 aliphatic heterocycles. The lowest BCUT2D eigenvalue weighted by molar-refractivity contribution is -0.160. The van der Waals surface area contributed by atoms with Crippen LogP contribution in [0.4, 0.5) is 0 Å². The molecule has 12 nitrogen and oxygen atoms in total. The third-order valence-corrected chi connectivity index (χ3v) is 14.6. The van der Waals surface area contributed by atoms with Crippen molar-refractivity contribution >= 4 is 45.2 Å². The Morgan fingerprint density at radius 3 is 2.41 bits per heavy atom. The summed E-state index contributed by atoms with van der Waals surface area (Å²) in [5, 5.41) is 0.378. The standard InChI is InChI=1S/C45H60ClN3O9S/c1-27(2)56-33-15-13-30(14-16-33)36-20-32(46)21-39(47-36)57-34-22-37-38(50)25-45(42(53)48-59(54,55)44(8)17-18-44)24-31(45)12-10-9-11-28(3)19-29(4)35(41(52)49(37)26-34)23-40(51)58-43(5,6)7/h10,12-16,20-21,27-29,31,34-35,37H,9,11,17-19,22-26H2,1-8H3,(H,48,53)/b12-10-/t28-,29+,31+,34+,35-,37-,45+/m0/s1. The van der Waals surface area contributed by atoms with Gasteiger partial charge in [0.05, 0.1) is 46.9 Å². The monoisotopic (exact) mass is 853 g/mol. The molecule has 0 spiro atoms. The molecule has 1 N–H and O–H groups in total. The third kappa shape index (κ3) is 10.7. The molecule has 0 radical (unpaired) electrons. The first-order chi connectivity index (χ1) is 27.6. The van der Waals surface area contributed by atoms with E-state index in [9.17, 15) is 27.6 Å². The van der Waals surface area contributed by atoms with Gasteiger partial charge in [0, 0.05) is 29.5 Å². The van der Waals surface area contributed by atoms with Gasteiger partial charge >= 0.3 is 5.97 Å². The van der Waals surface area contributed by atoms with Gasteiger partial charge in [-0.05, 0) is 128 Å². The van der Waals surface area contributed by atoms with Crippen LogP contribution in [0.25, 0.3) is 11.3 Å². The molecule has 2 saturated carbocycles. The number of nitrogens with zero attached hydrogens (tertiary/aromatic N) is 2. The van der Waals surface area contributed by atoms with Gasteiger partial charge in [-0.1, -0.05) is 37.6 Å². The molecule has 4 aliphatic rings. The number of amides is 2. The molecule has 1 aromatic heterocycles. The number of allylic oxidation sites excluding steroid dienone is 2. The zero-order chi connectivity index (χ0) is 43.1. The first-order valence-electron chi connectivity index (χ1n) is 21.0. The van der Waals surface area contributed by atoms with Crippen molar-refractivity contribution < 1.29 is 41.8 Å². The molecule has 0 unspecified atom stereocenters. The fourth-order valence-corrected chi connectivity index (χ4v) is 10.0. The fraction of sp³-hybridized carbons (Fsp3) is 0.622. The summed E-state index contributed by atoms with van der Waals surface area (Å²) in [6, 6.07) is 9.74. The van der Waals surface area contributed by atoms with Gasteiger partial charge in [0.15, 0.2) is 5.78 Å². The van der Waals surface area contributed by atoms with Crippen molar-refractivity contribution in [2.75, 3.05) is 6.54 Å². The minimum absolute atomic E-state index is 0.0150. The quantitative estimate of drug-likeness (QED) is 0.184. The molecule has 2 aliphatic carbocycles. The second-order valence-electron chi connectivity index (χ2n) is 18.9. The van der Waals surface area contributed by atoms with Crippen molar-refractivity contribution in [2.24, 2.45) is 29.1 Å². The van der Waals surface area contributed by atoms with E-state index in [0.29, 0.717) is 48.6 Å². The number of carbonyl (C=O) groups is 4. The predicted octanol–water partition coefficient (Wildman–Crippen LogP) is 7.86. The van der Waals surface area contributed by atoms with Crippen LogP contribution < -0.4 is 14.2 Å². The highest BCUT2D eigenvalue weighted by Gasteiger charge is 2.62. The number of rotatable bonds is 10. The van der Waals surface area contributed by atoms with Crippen LogP contribution in [0.3, 0.4) is 0 Å². The van der Waals surface area contributed by atoms with E-state index in [4.69, 9.17) is 30.8 Å². The Balaban J connectivity index is 1.32. The summed E-state index contributed by atoms with van der Waals surface area (Å²) < 4.78 is 45.8.